The first-order valence-corrected chi connectivity index (χ1v) is 9.02. The number of benzene rings is 3. The van der Waals surface area contributed by atoms with Crippen molar-refractivity contribution in [2.24, 2.45) is 0 Å². The lowest BCUT2D eigenvalue weighted by molar-refractivity contribution is 0.0730. The van der Waals surface area contributed by atoms with Gasteiger partial charge in [-0.25, -0.2) is 9.18 Å². The van der Waals surface area contributed by atoms with Gasteiger partial charge in [-0.05, 0) is 36.4 Å². The number of nitrogens with two attached hydrogens (primary N) is 1. The molecule has 4 aromatic rings. The summed E-state index contributed by atoms with van der Waals surface area (Å²) in [6, 6.07) is 17.6. The summed E-state index contributed by atoms with van der Waals surface area (Å²) in [6.45, 7) is 0. The Morgan fingerprint density at radius 2 is 1.73 bits per heavy atom. The molecule has 150 valence electrons. The molecule has 0 aliphatic carbocycles. The fraction of sp³-hybridized carbons (Fsp3) is 0.0435. The quantitative estimate of drug-likeness (QED) is 0.287. The van der Waals surface area contributed by atoms with Crippen molar-refractivity contribution < 1.29 is 23.4 Å². The second-order valence-corrected chi connectivity index (χ2v) is 6.38. The van der Waals surface area contributed by atoms with Crippen molar-refractivity contribution in [3.05, 3.63) is 84.3 Å². The Hall–Kier alpha value is -4.13. The molecule has 0 spiro atoms. The van der Waals surface area contributed by atoms with Crippen LogP contribution in [0.2, 0.25) is 0 Å². The fourth-order valence-electron chi connectivity index (χ4n) is 2.91. The van der Waals surface area contributed by atoms with Gasteiger partial charge in [-0.3, -0.25) is 4.98 Å². The smallest absolute Gasteiger partial charge is 0.343 e. The molecule has 0 bridgehead atoms. The molecule has 30 heavy (non-hydrogen) atoms. The van der Waals surface area contributed by atoms with Crippen LogP contribution >= 0.6 is 0 Å². The van der Waals surface area contributed by atoms with Crippen LogP contribution in [0.1, 0.15) is 10.4 Å². The lowest BCUT2D eigenvalue weighted by atomic mass is 10.1. The Morgan fingerprint density at radius 1 is 0.933 bits per heavy atom. The zero-order valence-electron chi connectivity index (χ0n) is 16.0. The third-order valence-corrected chi connectivity index (χ3v) is 4.37. The standard InChI is InChI=1S/C23H17FN2O4/c1-28-21-12-16-18(13-22(21)30-23(27)14-5-3-2-4-6-14)26-10-9-19(16)29-20-8-7-15(25)11-17(20)24/h2-13H,25H2,1H3. The molecule has 0 saturated carbocycles. The molecule has 2 N–H and O–H groups in total. The molecule has 1 aromatic heterocycles. The lowest BCUT2D eigenvalue weighted by Gasteiger charge is -2.13. The van der Waals surface area contributed by atoms with Crippen LogP contribution in [0.3, 0.4) is 0 Å². The lowest BCUT2D eigenvalue weighted by Crippen LogP contribution is -2.09. The molecule has 3 aromatic carbocycles. The molecule has 0 atom stereocenters. The number of rotatable bonds is 5. The van der Waals surface area contributed by atoms with E-state index < -0.39 is 11.8 Å². The number of nitrogen functional groups attached to an aromatic ring is 1. The number of hydrogen-bond acceptors (Lipinski definition) is 6. The Morgan fingerprint density at radius 3 is 2.47 bits per heavy atom. The van der Waals surface area contributed by atoms with Crippen molar-refractivity contribution >= 4 is 22.6 Å². The highest BCUT2D eigenvalue weighted by atomic mass is 19.1. The maximum atomic E-state index is 14.1. The van der Waals surface area contributed by atoms with E-state index in [1.54, 1.807) is 48.5 Å². The highest BCUT2D eigenvalue weighted by Gasteiger charge is 2.16. The second kappa shape index (κ2) is 8.08. The first-order valence-electron chi connectivity index (χ1n) is 9.02. The minimum absolute atomic E-state index is 0.0234. The molecular formula is C23H17FN2O4. The summed E-state index contributed by atoms with van der Waals surface area (Å²) in [5.74, 6) is -0.201. The fourth-order valence-corrected chi connectivity index (χ4v) is 2.91. The molecule has 0 unspecified atom stereocenters. The summed E-state index contributed by atoms with van der Waals surface area (Å²) in [7, 11) is 1.46. The van der Waals surface area contributed by atoms with Gasteiger partial charge in [0.1, 0.15) is 5.75 Å². The number of anilines is 1. The van der Waals surface area contributed by atoms with Gasteiger partial charge in [0.15, 0.2) is 23.1 Å². The Bertz CT molecular complexity index is 1230. The van der Waals surface area contributed by atoms with Gasteiger partial charge >= 0.3 is 5.97 Å². The first kappa shape index (κ1) is 19.2. The zero-order valence-corrected chi connectivity index (χ0v) is 16.0. The van der Waals surface area contributed by atoms with E-state index in [0.29, 0.717) is 33.7 Å². The maximum absolute atomic E-state index is 14.1. The average molecular weight is 404 g/mol. The molecule has 0 amide bonds. The number of esters is 1. The van der Waals surface area contributed by atoms with Crippen LogP contribution in [0, 0.1) is 5.82 Å². The van der Waals surface area contributed by atoms with Crippen LogP contribution in [0.25, 0.3) is 10.9 Å². The van der Waals surface area contributed by atoms with E-state index in [0.717, 1.165) is 0 Å². The minimum Gasteiger partial charge on any atom is -0.493 e. The third kappa shape index (κ3) is 3.86. The van der Waals surface area contributed by atoms with Gasteiger partial charge < -0.3 is 19.9 Å². The van der Waals surface area contributed by atoms with Crippen LogP contribution < -0.4 is 19.9 Å². The number of methoxy groups -OCH3 is 1. The minimum atomic E-state index is -0.583. The molecule has 0 fully saturated rings. The van der Waals surface area contributed by atoms with Crippen LogP contribution in [0.4, 0.5) is 10.1 Å². The maximum Gasteiger partial charge on any atom is 0.343 e. The van der Waals surface area contributed by atoms with Crippen molar-refractivity contribution in [2.75, 3.05) is 12.8 Å². The molecular weight excluding hydrogens is 387 g/mol. The highest BCUT2D eigenvalue weighted by molar-refractivity contribution is 5.93. The predicted molar refractivity (Wildman–Crippen MR) is 111 cm³/mol. The Kier molecular flexibility index (Phi) is 5.17. The van der Waals surface area contributed by atoms with Gasteiger partial charge in [0, 0.05) is 29.4 Å². The molecule has 1 heterocycles. The molecule has 0 aliphatic rings. The third-order valence-electron chi connectivity index (χ3n) is 4.37. The monoisotopic (exact) mass is 404 g/mol. The number of hydrogen-bond donors (Lipinski definition) is 1. The van der Waals surface area contributed by atoms with Crippen LogP contribution in [0.5, 0.6) is 23.0 Å². The summed E-state index contributed by atoms with van der Waals surface area (Å²) < 4.78 is 30.8. The topological polar surface area (TPSA) is 83.7 Å². The number of carbonyl (C=O) groups is 1. The summed E-state index contributed by atoms with van der Waals surface area (Å²) in [6.07, 6.45) is 1.52. The highest BCUT2D eigenvalue weighted by Crippen LogP contribution is 2.38. The molecule has 6 nitrogen and oxygen atoms in total. The second-order valence-electron chi connectivity index (χ2n) is 6.38. The van der Waals surface area contributed by atoms with Gasteiger partial charge in [0.2, 0.25) is 0 Å². The molecule has 0 radical (unpaired) electrons. The van der Waals surface area contributed by atoms with Crippen LogP contribution in [-0.4, -0.2) is 18.1 Å². The first-order chi connectivity index (χ1) is 14.5. The van der Waals surface area contributed by atoms with Crippen molar-refractivity contribution in [2.45, 2.75) is 0 Å². The van der Waals surface area contributed by atoms with Gasteiger partial charge in [-0.2, -0.15) is 0 Å². The zero-order chi connectivity index (χ0) is 21.1. The molecule has 4 rings (SSSR count). The molecule has 0 aliphatic heterocycles. The van der Waals surface area contributed by atoms with Crippen molar-refractivity contribution in [3.8, 4) is 23.0 Å². The number of nitrogens with zero attached hydrogens (tertiary/aromatic N) is 1. The van der Waals surface area contributed by atoms with E-state index in [1.165, 1.54) is 25.4 Å². The van der Waals surface area contributed by atoms with Crippen LogP contribution in [0.15, 0.2) is 72.9 Å². The number of carbonyl (C=O) groups excluding carboxylic acids is 1. The average Bonchev–Trinajstić information content (AvgIpc) is 2.76. The number of fused-ring (bicyclic) bond motifs is 1. The summed E-state index contributed by atoms with van der Waals surface area (Å²) in [4.78, 5) is 16.7. The Balaban J connectivity index is 1.71. The largest absolute Gasteiger partial charge is 0.493 e. The summed E-state index contributed by atoms with van der Waals surface area (Å²) in [5, 5.41) is 0.560. The molecule has 7 heteroatoms. The van der Waals surface area contributed by atoms with Gasteiger partial charge in [-0.15, -0.1) is 0 Å². The number of aromatic nitrogens is 1. The van der Waals surface area contributed by atoms with E-state index in [4.69, 9.17) is 19.9 Å². The summed E-state index contributed by atoms with van der Waals surface area (Å²) in [5.41, 5.74) is 6.77. The van der Waals surface area contributed by atoms with Crippen molar-refractivity contribution in [1.29, 1.82) is 0 Å². The van der Waals surface area contributed by atoms with Gasteiger partial charge in [0.25, 0.3) is 0 Å². The van der Waals surface area contributed by atoms with Gasteiger partial charge in [-0.1, -0.05) is 18.2 Å². The summed E-state index contributed by atoms with van der Waals surface area (Å²) >= 11 is 0. The van der Waals surface area contributed by atoms with E-state index in [9.17, 15) is 9.18 Å². The number of ether oxygens (including phenoxy) is 3. The van der Waals surface area contributed by atoms with Gasteiger partial charge in [0.05, 0.1) is 18.2 Å². The predicted octanol–water partition coefficient (Wildman–Crippen LogP) is 4.98. The van der Waals surface area contributed by atoms with E-state index in [1.807, 2.05) is 6.07 Å². The normalized spacial score (nSPS) is 10.6. The number of halogens is 1. The Labute approximate surface area is 171 Å². The SMILES string of the molecule is COc1cc2c(Oc3ccc(N)cc3F)ccnc2cc1OC(=O)c1ccccc1. The van der Waals surface area contributed by atoms with E-state index in [2.05, 4.69) is 4.98 Å². The van der Waals surface area contributed by atoms with Crippen molar-refractivity contribution in [3.63, 3.8) is 0 Å². The van der Waals surface area contributed by atoms with Crippen molar-refractivity contribution in [1.82, 2.24) is 4.98 Å². The van der Waals surface area contributed by atoms with Crippen LogP contribution in [-0.2, 0) is 0 Å². The van der Waals surface area contributed by atoms with E-state index >= 15 is 0 Å². The molecule has 0 saturated heterocycles. The number of pyridine rings is 1. The van der Waals surface area contributed by atoms with E-state index in [-0.39, 0.29) is 11.5 Å².